The summed E-state index contributed by atoms with van der Waals surface area (Å²) in [5, 5.41) is 9.65. The van der Waals surface area contributed by atoms with E-state index in [1.807, 2.05) is 6.92 Å². The molecule has 21 heavy (non-hydrogen) atoms. The summed E-state index contributed by atoms with van der Waals surface area (Å²) in [6.45, 7) is 2.59. The lowest BCUT2D eigenvalue weighted by Crippen LogP contribution is -2.31. The number of ether oxygens (including phenoxy) is 1. The summed E-state index contributed by atoms with van der Waals surface area (Å²) in [5.41, 5.74) is 0.710. The molecule has 6 heteroatoms. The Labute approximate surface area is 128 Å². The van der Waals surface area contributed by atoms with Crippen LogP contribution in [0.2, 0.25) is 5.02 Å². The van der Waals surface area contributed by atoms with E-state index in [-0.39, 0.29) is 24.8 Å². The fourth-order valence-electron chi connectivity index (χ4n) is 2.65. The first-order valence-electron chi connectivity index (χ1n) is 6.75. The van der Waals surface area contributed by atoms with Gasteiger partial charge in [-0.25, -0.2) is 0 Å². The Morgan fingerprint density at radius 2 is 2.14 bits per heavy atom. The molecule has 2 atom stereocenters. The highest BCUT2D eigenvalue weighted by molar-refractivity contribution is 6.30. The van der Waals surface area contributed by atoms with E-state index in [0.29, 0.717) is 22.9 Å². The number of nitrogens with zero attached hydrogens (tertiary/aromatic N) is 1. The molecular weight excluding hydrogens is 294 g/mol. The van der Waals surface area contributed by atoms with Gasteiger partial charge in [-0.3, -0.25) is 9.59 Å². The zero-order chi connectivity index (χ0) is 15.6. The van der Waals surface area contributed by atoms with Crippen LogP contribution in [-0.2, 0) is 16.0 Å². The molecule has 1 aromatic carbocycles. The normalized spacial score (nSPS) is 21.4. The topological polar surface area (TPSA) is 66.8 Å². The van der Waals surface area contributed by atoms with Crippen LogP contribution in [0.1, 0.15) is 12.5 Å². The Hall–Kier alpha value is -1.75. The first-order chi connectivity index (χ1) is 9.92. The Balaban J connectivity index is 2.09. The fraction of sp³-hybridized carbons (Fsp3) is 0.467. The molecule has 0 aromatic heterocycles. The SMILES string of the molecule is COc1ccc(Cl)cc1CC(=O)N1C[C@@H](C)[C@H](C(=O)O)C1. The number of methoxy groups -OCH3 is 1. The predicted molar refractivity (Wildman–Crippen MR) is 78.6 cm³/mol. The number of aliphatic carboxylic acids is 1. The molecule has 114 valence electrons. The molecular formula is C15H18ClNO4. The minimum Gasteiger partial charge on any atom is -0.496 e. The van der Waals surface area contributed by atoms with Crippen LogP contribution in [0.4, 0.5) is 0 Å². The molecule has 0 aliphatic carbocycles. The highest BCUT2D eigenvalue weighted by atomic mass is 35.5. The molecule has 2 rings (SSSR count). The second-order valence-corrected chi connectivity index (χ2v) is 5.79. The average molecular weight is 312 g/mol. The standard InChI is InChI=1S/C15H18ClNO4/c1-9-7-17(8-12(9)15(19)20)14(18)6-10-5-11(16)3-4-13(10)21-2/h3-5,9,12H,6-8H2,1-2H3,(H,19,20)/t9-,12-/m1/s1. The van der Waals surface area contributed by atoms with Crippen LogP contribution < -0.4 is 4.74 Å². The van der Waals surface area contributed by atoms with Crippen molar-refractivity contribution in [2.75, 3.05) is 20.2 Å². The number of rotatable bonds is 4. The summed E-state index contributed by atoms with van der Waals surface area (Å²) >= 11 is 5.95. The maximum Gasteiger partial charge on any atom is 0.308 e. The van der Waals surface area contributed by atoms with Gasteiger partial charge in [-0.15, -0.1) is 0 Å². The van der Waals surface area contributed by atoms with E-state index in [0.717, 1.165) is 0 Å². The van der Waals surface area contributed by atoms with Crippen molar-refractivity contribution in [3.63, 3.8) is 0 Å². The van der Waals surface area contributed by atoms with Gasteiger partial charge in [0, 0.05) is 23.7 Å². The molecule has 0 spiro atoms. The molecule has 1 aliphatic heterocycles. The summed E-state index contributed by atoms with van der Waals surface area (Å²) < 4.78 is 5.22. The van der Waals surface area contributed by atoms with Gasteiger partial charge in [0.2, 0.25) is 5.91 Å². The number of halogens is 1. The third-order valence-electron chi connectivity index (χ3n) is 3.87. The zero-order valence-corrected chi connectivity index (χ0v) is 12.8. The molecule has 5 nitrogen and oxygen atoms in total. The fourth-order valence-corrected chi connectivity index (χ4v) is 2.85. The second kappa shape index (κ2) is 6.35. The molecule has 0 unspecified atom stereocenters. The van der Waals surface area contributed by atoms with Gasteiger partial charge < -0.3 is 14.7 Å². The third kappa shape index (κ3) is 3.47. The summed E-state index contributed by atoms with van der Waals surface area (Å²) in [7, 11) is 1.54. The van der Waals surface area contributed by atoms with Gasteiger partial charge in [-0.2, -0.15) is 0 Å². The van der Waals surface area contributed by atoms with Crippen LogP contribution in [0.15, 0.2) is 18.2 Å². The van der Waals surface area contributed by atoms with Gasteiger partial charge >= 0.3 is 5.97 Å². The lowest BCUT2D eigenvalue weighted by atomic mass is 9.99. The van der Waals surface area contributed by atoms with Gasteiger partial charge in [-0.1, -0.05) is 18.5 Å². The Morgan fingerprint density at radius 1 is 1.43 bits per heavy atom. The lowest BCUT2D eigenvalue weighted by Gasteiger charge is -2.17. The number of hydrogen-bond donors (Lipinski definition) is 1. The number of carbonyl (C=O) groups is 2. The number of carbonyl (C=O) groups excluding carboxylic acids is 1. The molecule has 0 bridgehead atoms. The van der Waals surface area contributed by atoms with Crippen molar-refractivity contribution in [2.24, 2.45) is 11.8 Å². The number of benzene rings is 1. The van der Waals surface area contributed by atoms with E-state index < -0.39 is 11.9 Å². The summed E-state index contributed by atoms with van der Waals surface area (Å²) in [4.78, 5) is 25.1. The molecule has 1 N–H and O–H groups in total. The molecule has 1 amide bonds. The van der Waals surface area contributed by atoms with Crippen molar-refractivity contribution >= 4 is 23.5 Å². The largest absolute Gasteiger partial charge is 0.496 e. The lowest BCUT2D eigenvalue weighted by molar-refractivity contribution is -0.142. The van der Waals surface area contributed by atoms with E-state index in [1.165, 1.54) is 7.11 Å². The average Bonchev–Trinajstić information content (AvgIpc) is 2.81. The monoisotopic (exact) mass is 311 g/mol. The van der Waals surface area contributed by atoms with Crippen LogP contribution in [0.3, 0.4) is 0 Å². The number of amides is 1. The second-order valence-electron chi connectivity index (χ2n) is 5.35. The molecule has 1 saturated heterocycles. The Kier molecular flexibility index (Phi) is 4.73. The molecule has 1 aromatic rings. The quantitative estimate of drug-likeness (QED) is 0.924. The van der Waals surface area contributed by atoms with E-state index in [4.69, 9.17) is 21.4 Å². The van der Waals surface area contributed by atoms with Crippen molar-refractivity contribution < 1.29 is 19.4 Å². The minimum absolute atomic E-state index is 0.0345. The van der Waals surface area contributed by atoms with Crippen molar-refractivity contribution in [1.29, 1.82) is 0 Å². The zero-order valence-electron chi connectivity index (χ0n) is 12.0. The van der Waals surface area contributed by atoms with Gasteiger partial charge in [0.05, 0.1) is 19.4 Å². The molecule has 0 saturated carbocycles. The van der Waals surface area contributed by atoms with Crippen LogP contribution >= 0.6 is 11.6 Å². The highest BCUT2D eigenvalue weighted by Crippen LogP contribution is 2.27. The number of hydrogen-bond acceptors (Lipinski definition) is 3. The van der Waals surface area contributed by atoms with Gasteiger partial charge in [0.15, 0.2) is 0 Å². The number of likely N-dealkylation sites (tertiary alicyclic amines) is 1. The smallest absolute Gasteiger partial charge is 0.308 e. The molecule has 1 heterocycles. The predicted octanol–water partition coefficient (Wildman–Crippen LogP) is 2.07. The van der Waals surface area contributed by atoms with Crippen LogP contribution in [0, 0.1) is 11.8 Å². The van der Waals surface area contributed by atoms with Crippen molar-refractivity contribution in [3.05, 3.63) is 28.8 Å². The first-order valence-corrected chi connectivity index (χ1v) is 7.13. The molecule has 1 fully saturated rings. The van der Waals surface area contributed by atoms with Crippen molar-refractivity contribution in [1.82, 2.24) is 4.90 Å². The third-order valence-corrected chi connectivity index (χ3v) is 4.10. The maximum absolute atomic E-state index is 12.3. The van der Waals surface area contributed by atoms with Gasteiger partial charge in [0.1, 0.15) is 5.75 Å². The Bertz CT molecular complexity index is 561. The van der Waals surface area contributed by atoms with E-state index in [9.17, 15) is 9.59 Å². The van der Waals surface area contributed by atoms with Crippen molar-refractivity contribution in [3.8, 4) is 5.75 Å². The maximum atomic E-state index is 12.3. The van der Waals surface area contributed by atoms with Gasteiger partial charge in [-0.05, 0) is 24.1 Å². The van der Waals surface area contributed by atoms with E-state index in [1.54, 1.807) is 23.1 Å². The van der Waals surface area contributed by atoms with Gasteiger partial charge in [0.25, 0.3) is 0 Å². The molecule has 1 aliphatic rings. The molecule has 0 radical (unpaired) electrons. The first kappa shape index (κ1) is 15.6. The van der Waals surface area contributed by atoms with Crippen LogP contribution in [-0.4, -0.2) is 42.1 Å². The highest BCUT2D eigenvalue weighted by Gasteiger charge is 2.36. The number of carboxylic acid groups (broad SMARTS) is 1. The Morgan fingerprint density at radius 3 is 2.71 bits per heavy atom. The van der Waals surface area contributed by atoms with Crippen LogP contribution in [0.25, 0.3) is 0 Å². The van der Waals surface area contributed by atoms with E-state index in [2.05, 4.69) is 0 Å². The van der Waals surface area contributed by atoms with Crippen LogP contribution in [0.5, 0.6) is 5.75 Å². The number of carboxylic acids is 1. The summed E-state index contributed by atoms with van der Waals surface area (Å²) in [5.74, 6) is -0.873. The van der Waals surface area contributed by atoms with Crippen molar-refractivity contribution in [2.45, 2.75) is 13.3 Å². The summed E-state index contributed by atoms with van der Waals surface area (Å²) in [6, 6.07) is 5.12. The van der Waals surface area contributed by atoms with E-state index >= 15 is 0 Å². The summed E-state index contributed by atoms with van der Waals surface area (Å²) in [6.07, 6.45) is 0.156. The minimum atomic E-state index is -0.849.